The Labute approximate surface area is 96.7 Å². The molecule has 2 aliphatic heterocycles. The molecule has 4 nitrogen and oxygen atoms in total. The summed E-state index contributed by atoms with van der Waals surface area (Å²) in [6, 6.07) is 0.513. The highest BCUT2D eigenvalue weighted by Gasteiger charge is 2.28. The maximum Gasteiger partial charge on any atom is 0.150 e. The van der Waals surface area contributed by atoms with Crippen molar-refractivity contribution in [3.63, 3.8) is 0 Å². The normalized spacial score (nSPS) is 26.7. The molecule has 88 valence electrons. The molecule has 0 spiro atoms. The first-order chi connectivity index (χ1) is 7.86. The summed E-state index contributed by atoms with van der Waals surface area (Å²) in [4.78, 5) is 2.42. The van der Waals surface area contributed by atoms with Gasteiger partial charge in [0.25, 0.3) is 0 Å². The van der Waals surface area contributed by atoms with E-state index in [1.54, 1.807) is 0 Å². The van der Waals surface area contributed by atoms with Gasteiger partial charge in [0.1, 0.15) is 11.6 Å². The molecule has 3 rings (SSSR count). The molecule has 0 aliphatic carbocycles. The third kappa shape index (κ3) is 1.65. The van der Waals surface area contributed by atoms with E-state index in [0.29, 0.717) is 6.04 Å². The minimum absolute atomic E-state index is 0.513. The monoisotopic (exact) mass is 220 g/mol. The summed E-state index contributed by atoms with van der Waals surface area (Å²) in [5.41, 5.74) is 0. The van der Waals surface area contributed by atoms with E-state index in [0.717, 1.165) is 13.0 Å². The van der Waals surface area contributed by atoms with Crippen LogP contribution in [0.5, 0.6) is 0 Å². The van der Waals surface area contributed by atoms with Gasteiger partial charge in [0, 0.05) is 13.0 Å². The van der Waals surface area contributed by atoms with Crippen molar-refractivity contribution in [2.24, 2.45) is 0 Å². The van der Waals surface area contributed by atoms with Crippen LogP contribution in [0.1, 0.15) is 49.8 Å². The molecule has 0 N–H and O–H groups in total. The van der Waals surface area contributed by atoms with E-state index in [4.69, 9.17) is 0 Å². The zero-order chi connectivity index (χ0) is 11.0. The molecular weight excluding hydrogens is 200 g/mol. The van der Waals surface area contributed by atoms with Crippen LogP contribution in [-0.2, 0) is 13.0 Å². The first-order valence-electron chi connectivity index (χ1n) is 6.48. The largest absolute Gasteiger partial charge is 0.314 e. The van der Waals surface area contributed by atoms with Crippen LogP contribution in [0.2, 0.25) is 0 Å². The van der Waals surface area contributed by atoms with E-state index < -0.39 is 0 Å². The van der Waals surface area contributed by atoms with Crippen molar-refractivity contribution >= 4 is 0 Å². The highest BCUT2D eigenvalue weighted by molar-refractivity contribution is 5.04. The first kappa shape index (κ1) is 10.3. The Balaban J connectivity index is 1.92. The zero-order valence-electron chi connectivity index (χ0n) is 10.0. The SMILES string of the molecule is CN1CCCC1c1nnc2n1CCCCC2. The van der Waals surface area contributed by atoms with E-state index in [1.807, 2.05) is 0 Å². The fraction of sp³-hybridized carbons (Fsp3) is 0.833. The fourth-order valence-electron chi connectivity index (χ4n) is 2.99. The average molecular weight is 220 g/mol. The molecule has 1 aromatic rings. The van der Waals surface area contributed by atoms with Gasteiger partial charge < -0.3 is 4.57 Å². The molecule has 0 radical (unpaired) electrons. The molecule has 0 aromatic carbocycles. The van der Waals surface area contributed by atoms with Crippen LogP contribution in [0, 0.1) is 0 Å². The van der Waals surface area contributed by atoms with Gasteiger partial charge in [0.2, 0.25) is 0 Å². The number of likely N-dealkylation sites (tertiary alicyclic amines) is 1. The predicted molar refractivity (Wildman–Crippen MR) is 62.2 cm³/mol. The van der Waals surface area contributed by atoms with Gasteiger partial charge in [-0.2, -0.15) is 0 Å². The van der Waals surface area contributed by atoms with Crippen molar-refractivity contribution < 1.29 is 0 Å². The van der Waals surface area contributed by atoms with Gasteiger partial charge in [0.15, 0.2) is 0 Å². The molecule has 1 fully saturated rings. The lowest BCUT2D eigenvalue weighted by Crippen LogP contribution is -2.21. The summed E-state index contributed by atoms with van der Waals surface area (Å²) in [5, 5.41) is 8.83. The number of fused-ring (bicyclic) bond motifs is 1. The lowest BCUT2D eigenvalue weighted by atomic mass is 10.2. The van der Waals surface area contributed by atoms with Gasteiger partial charge in [-0.1, -0.05) is 6.42 Å². The van der Waals surface area contributed by atoms with Gasteiger partial charge in [0.05, 0.1) is 6.04 Å². The molecule has 1 atom stereocenters. The number of hydrogen-bond acceptors (Lipinski definition) is 3. The number of aryl methyl sites for hydroxylation is 1. The first-order valence-corrected chi connectivity index (χ1v) is 6.48. The molecule has 16 heavy (non-hydrogen) atoms. The van der Waals surface area contributed by atoms with Crippen LogP contribution in [0.25, 0.3) is 0 Å². The summed E-state index contributed by atoms with van der Waals surface area (Å²) in [6.45, 7) is 2.33. The molecular formula is C12H20N4. The van der Waals surface area contributed by atoms with Gasteiger partial charge in [-0.05, 0) is 39.3 Å². The van der Waals surface area contributed by atoms with Gasteiger partial charge >= 0.3 is 0 Å². The summed E-state index contributed by atoms with van der Waals surface area (Å²) >= 11 is 0. The van der Waals surface area contributed by atoms with E-state index in [1.165, 1.54) is 50.3 Å². The highest BCUT2D eigenvalue weighted by Crippen LogP contribution is 2.30. The van der Waals surface area contributed by atoms with E-state index in [9.17, 15) is 0 Å². The molecule has 1 aromatic heterocycles. The number of hydrogen-bond donors (Lipinski definition) is 0. The van der Waals surface area contributed by atoms with E-state index in [2.05, 4.69) is 26.7 Å². The minimum Gasteiger partial charge on any atom is -0.314 e. The van der Waals surface area contributed by atoms with Crippen molar-refractivity contribution in [2.75, 3.05) is 13.6 Å². The van der Waals surface area contributed by atoms with Crippen molar-refractivity contribution in [1.82, 2.24) is 19.7 Å². The third-order valence-electron chi connectivity index (χ3n) is 3.96. The van der Waals surface area contributed by atoms with Crippen LogP contribution in [-0.4, -0.2) is 33.3 Å². The van der Waals surface area contributed by atoms with Crippen molar-refractivity contribution in [3.05, 3.63) is 11.6 Å². The molecule has 1 unspecified atom stereocenters. The smallest absolute Gasteiger partial charge is 0.150 e. The third-order valence-corrected chi connectivity index (χ3v) is 3.96. The topological polar surface area (TPSA) is 34.0 Å². The van der Waals surface area contributed by atoms with E-state index in [-0.39, 0.29) is 0 Å². The van der Waals surface area contributed by atoms with Crippen LogP contribution >= 0.6 is 0 Å². The van der Waals surface area contributed by atoms with Gasteiger partial charge in [-0.25, -0.2) is 0 Å². The molecule has 0 saturated carbocycles. The molecule has 0 amide bonds. The van der Waals surface area contributed by atoms with Gasteiger partial charge in [-0.3, -0.25) is 4.90 Å². The zero-order valence-corrected chi connectivity index (χ0v) is 10.0. The summed E-state index contributed by atoms with van der Waals surface area (Å²) in [5.74, 6) is 2.43. The van der Waals surface area contributed by atoms with Crippen molar-refractivity contribution in [3.8, 4) is 0 Å². The second-order valence-electron chi connectivity index (χ2n) is 5.08. The molecule has 1 saturated heterocycles. The summed E-state index contributed by atoms with van der Waals surface area (Å²) in [6.07, 6.45) is 7.55. The lowest BCUT2D eigenvalue weighted by molar-refractivity contribution is 0.297. The number of aromatic nitrogens is 3. The predicted octanol–water partition coefficient (Wildman–Crippen LogP) is 1.77. The summed E-state index contributed by atoms with van der Waals surface area (Å²) in [7, 11) is 2.20. The lowest BCUT2D eigenvalue weighted by Gasteiger charge is -2.19. The fourth-order valence-corrected chi connectivity index (χ4v) is 2.99. The quantitative estimate of drug-likeness (QED) is 0.723. The molecule has 4 heteroatoms. The van der Waals surface area contributed by atoms with E-state index >= 15 is 0 Å². The Morgan fingerprint density at radius 2 is 2.00 bits per heavy atom. The Bertz CT molecular complexity index is 371. The van der Waals surface area contributed by atoms with Crippen LogP contribution < -0.4 is 0 Å². The van der Waals surface area contributed by atoms with Crippen molar-refractivity contribution in [1.29, 1.82) is 0 Å². The molecule has 3 heterocycles. The molecule has 0 bridgehead atoms. The van der Waals surface area contributed by atoms with Crippen molar-refractivity contribution in [2.45, 2.75) is 51.1 Å². The van der Waals surface area contributed by atoms with Crippen LogP contribution in [0.15, 0.2) is 0 Å². The van der Waals surface area contributed by atoms with Gasteiger partial charge in [-0.15, -0.1) is 10.2 Å². The summed E-state index contributed by atoms with van der Waals surface area (Å²) < 4.78 is 2.39. The highest BCUT2D eigenvalue weighted by atomic mass is 15.3. The average Bonchev–Trinajstić information content (AvgIpc) is 2.78. The minimum atomic E-state index is 0.513. The van der Waals surface area contributed by atoms with Crippen LogP contribution in [0.4, 0.5) is 0 Å². The standard InChI is InChI=1S/C12H20N4/c1-15-8-5-6-10(15)12-14-13-11-7-3-2-4-9-16(11)12/h10H,2-9H2,1H3. The Morgan fingerprint density at radius 3 is 2.81 bits per heavy atom. The number of rotatable bonds is 1. The second kappa shape index (κ2) is 4.17. The maximum absolute atomic E-state index is 4.44. The Kier molecular flexibility index (Phi) is 2.67. The number of nitrogens with zero attached hydrogens (tertiary/aromatic N) is 4. The van der Waals surface area contributed by atoms with Crippen LogP contribution in [0.3, 0.4) is 0 Å². The Morgan fingerprint density at radius 1 is 1.06 bits per heavy atom. The molecule has 2 aliphatic rings. The Hall–Kier alpha value is -0.900. The second-order valence-corrected chi connectivity index (χ2v) is 5.08. The maximum atomic E-state index is 4.44.